The number of nitrogens with one attached hydrogen (secondary N) is 2. The van der Waals surface area contributed by atoms with Crippen molar-refractivity contribution in [1.29, 1.82) is 0 Å². The first-order chi connectivity index (χ1) is 13.4. The van der Waals surface area contributed by atoms with Gasteiger partial charge in [-0.3, -0.25) is 4.79 Å². The lowest BCUT2D eigenvalue weighted by atomic mass is 10.0. The second-order valence-electron chi connectivity index (χ2n) is 6.10. The van der Waals surface area contributed by atoms with Crippen LogP contribution in [0.5, 0.6) is 0 Å². The molecule has 2 amide bonds. The Morgan fingerprint density at radius 1 is 1.14 bits per heavy atom. The number of rotatable bonds is 8. The Hall–Kier alpha value is -3.42. The smallest absolute Gasteiger partial charge is 0.337 e. The van der Waals surface area contributed by atoms with Gasteiger partial charge in [-0.05, 0) is 36.6 Å². The quantitative estimate of drug-likeness (QED) is 0.603. The maximum atomic E-state index is 14.0. The van der Waals surface area contributed by atoms with Gasteiger partial charge < -0.3 is 20.5 Å². The number of carbonyl (C=O) groups excluding carboxylic acids is 2. The second kappa shape index (κ2) is 10.1. The molecule has 8 heteroatoms. The van der Waals surface area contributed by atoms with Gasteiger partial charge in [0.2, 0.25) is 0 Å². The third kappa shape index (κ3) is 6.39. The Morgan fingerprint density at radius 2 is 1.86 bits per heavy atom. The molecule has 2 rings (SSSR count). The zero-order chi connectivity index (χ0) is 20.5. The minimum atomic E-state index is -0.975. The molecule has 1 unspecified atom stereocenters. The number of methoxy groups -OCH3 is 1. The van der Waals surface area contributed by atoms with Crippen LogP contribution in [0.15, 0.2) is 48.5 Å². The lowest BCUT2D eigenvalue weighted by Gasteiger charge is -2.19. The molecule has 0 spiro atoms. The van der Waals surface area contributed by atoms with Crippen LogP contribution in [0.2, 0.25) is 0 Å². The molecule has 0 aromatic heterocycles. The fourth-order valence-electron chi connectivity index (χ4n) is 2.63. The number of ether oxygens (including phenoxy) is 1. The summed E-state index contributed by atoms with van der Waals surface area (Å²) < 4.78 is 18.5. The van der Waals surface area contributed by atoms with E-state index < -0.39 is 29.8 Å². The van der Waals surface area contributed by atoms with E-state index in [0.29, 0.717) is 6.42 Å². The van der Waals surface area contributed by atoms with Crippen molar-refractivity contribution in [2.45, 2.75) is 25.3 Å². The number of amides is 2. The maximum Gasteiger partial charge on any atom is 0.337 e. The number of aliphatic carboxylic acids is 1. The molecule has 0 saturated carbocycles. The van der Waals surface area contributed by atoms with Crippen molar-refractivity contribution in [3.05, 3.63) is 65.5 Å². The molecule has 0 bridgehead atoms. The third-order valence-electron chi connectivity index (χ3n) is 4.00. The minimum Gasteiger partial charge on any atom is -0.481 e. The molecule has 2 aromatic carbocycles. The van der Waals surface area contributed by atoms with Crippen LogP contribution < -0.4 is 10.6 Å². The number of hydrogen-bond acceptors (Lipinski definition) is 4. The molecule has 0 aliphatic rings. The zero-order valence-corrected chi connectivity index (χ0v) is 15.3. The zero-order valence-electron chi connectivity index (χ0n) is 15.3. The van der Waals surface area contributed by atoms with E-state index >= 15 is 0 Å². The highest BCUT2D eigenvalue weighted by molar-refractivity contribution is 5.94. The molecule has 0 fully saturated rings. The predicted octanol–water partition coefficient (Wildman–Crippen LogP) is 3.21. The fourth-order valence-corrected chi connectivity index (χ4v) is 2.63. The lowest BCUT2D eigenvalue weighted by molar-refractivity contribution is -0.137. The summed E-state index contributed by atoms with van der Waals surface area (Å²) in [6, 6.07) is 11.6. The molecule has 148 valence electrons. The summed E-state index contributed by atoms with van der Waals surface area (Å²) >= 11 is 0. The fraction of sp³-hybridized carbons (Fsp3) is 0.250. The van der Waals surface area contributed by atoms with Crippen LogP contribution in [0, 0.1) is 5.82 Å². The first kappa shape index (κ1) is 20.9. The molecule has 3 N–H and O–H groups in total. The number of urea groups is 1. The van der Waals surface area contributed by atoms with E-state index in [1.54, 1.807) is 0 Å². The van der Waals surface area contributed by atoms with Crippen molar-refractivity contribution in [1.82, 2.24) is 5.32 Å². The number of carboxylic acid groups (broad SMARTS) is 1. The molecule has 2 aromatic rings. The van der Waals surface area contributed by atoms with Gasteiger partial charge in [0.05, 0.1) is 18.4 Å². The van der Waals surface area contributed by atoms with Gasteiger partial charge in [0.1, 0.15) is 5.82 Å². The summed E-state index contributed by atoms with van der Waals surface area (Å²) in [5.41, 5.74) is 0.833. The predicted molar refractivity (Wildman–Crippen MR) is 101 cm³/mol. The van der Waals surface area contributed by atoms with E-state index in [2.05, 4.69) is 15.4 Å². The van der Waals surface area contributed by atoms with Crippen LogP contribution >= 0.6 is 0 Å². The molecule has 0 aliphatic carbocycles. The Morgan fingerprint density at radius 3 is 2.50 bits per heavy atom. The van der Waals surface area contributed by atoms with Crippen molar-refractivity contribution in [3.8, 4) is 0 Å². The van der Waals surface area contributed by atoms with Crippen LogP contribution in [0.25, 0.3) is 0 Å². The molecule has 7 nitrogen and oxygen atoms in total. The number of anilines is 1. The topological polar surface area (TPSA) is 105 Å². The van der Waals surface area contributed by atoms with Gasteiger partial charge in [-0.15, -0.1) is 0 Å². The highest BCUT2D eigenvalue weighted by Crippen LogP contribution is 2.17. The number of esters is 1. The van der Waals surface area contributed by atoms with E-state index in [1.165, 1.54) is 19.2 Å². The minimum absolute atomic E-state index is 0.0888. The van der Waals surface area contributed by atoms with E-state index in [9.17, 15) is 18.8 Å². The highest BCUT2D eigenvalue weighted by Gasteiger charge is 2.17. The summed E-state index contributed by atoms with van der Waals surface area (Å²) in [7, 11) is 1.20. The standard InChI is InChI=1S/C20H21FN2O5/c1-28-19(26)14-7-9-16(21)17(12-14)23-20(27)22-15(8-10-18(24)25)11-13-5-3-2-4-6-13/h2-7,9,12,15H,8,10-11H2,1H3,(H,24,25)(H2,22,23,27). The SMILES string of the molecule is COC(=O)c1ccc(F)c(NC(=O)NC(CCC(=O)O)Cc2ccccc2)c1. The van der Waals surface area contributed by atoms with E-state index in [0.717, 1.165) is 11.6 Å². The molecule has 0 radical (unpaired) electrons. The van der Waals surface area contributed by atoms with Crippen LogP contribution in [-0.4, -0.2) is 36.2 Å². The normalized spacial score (nSPS) is 11.4. The molecular formula is C20H21FN2O5. The van der Waals surface area contributed by atoms with Crippen molar-refractivity contribution in [3.63, 3.8) is 0 Å². The van der Waals surface area contributed by atoms with Gasteiger partial charge in [0.15, 0.2) is 0 Å². The Labute approximate surface area is 161 Å². The molecule has 0 heterocycles. The lowest BCUT2D eigenvalue weighted by Crippen LogP contribution is -2.39. The number of hydrogen-bond donors (Lipinski definition) is 3. The average Bonchev–Trinajstić information content (AvgIpc) is 2.68. The summed E-state index contributed by atoms with van der Waals surface area (Å²) in [6.07, 6.45) is 0.512. The number of benzene rings is 2. The molecular weight excluding hydrogens is 367 g/mol. The number of carbonyl (C=O) groups is 3. The molecule has 1 atom stereocenters. The monoisotopic (exact) mass is 388 g/mol. The van der Waals surface area contributed by atoms with Crippen molar-refractivity contribution in [2.24, 2.45) is 0 Å². The first-order valence-electron chi connectivity index (χ1n) is 8.60. The first-order valence-corrected chi connectivity index (χ1v) is 8.60. The Kier molecular flexibility index (Phi) is 7.50. The largest absolute Gasteiger partial charge is 0.481 e. The Bertz CT molecular complexity index is 842. The van der Waals surface area contributed by atoms with Crippen LogP contribution in [-0.2, 0) is 16.0 Å². The van der Waals surface area contributed by atoms with Crippen LogP contribution in [0.1, 0.15) is 28.8 Å². The molecule has 0 aliphatic heterocycles. The summed E-state index contributed by atoms with van der Waals surface area (Å²) in [5.74, 6) is -2.35. The molecule has 28 heavy (non-hydrogen) atoms. The van der Waals surface area contributed by atoms with Crippen molar-refractivity contribution >= 4 is 23.7 Å². The van der Waals surface area contributed by atoms with Gasteiger partial charge in [-0.25, -0.2) is 14.0 Å². The average molecular weight is 388 g/mol. The van der Waals surface area contributed by atoms with Gasteiger partial charge in [0, 0.05) is 12.5 Å². The Balaban J connectivity index is 2.08. The van der Waals surface area contributed by atoms with Crippen molar-refractivity contribution in [2.75, 3.05) is 12.4 Å². The molecule has 0 saturated heterocycles. The van der Waals surface area contributed by atoms with E-state index in [4.69, 9.17) is 5.11 Å². The number of carboxylic acids is 1. The summed E-state index contributed by atoms with van der Waals surface area (Å²) in [6.45, 7) is 0. The second-order valence-corrected chi connectivity index (χ2v) is 6.10. The van der Waals surface area contributed by atoms with Crippen molar-refractivity contribution < 1.29 is 28.6 Å². The van der Waals surface area contributed by atoms with Gasteiger partial charge in [-0.2, -0.15) is 0 Å². The maximum absolute atomic E-state index is 14.0. The summed E-state index contributed by atoms with van der Waals surface area (Å²) in [4.78, 5) is 34.8. The van der Waals surface area contributed by atoms with E-state index in [-0.39, 0.29) is 24.1 Å². The summed E-state index contributed by atoms with van der Waals surface area (Å²) in [5, 5.41) is 13.9. The van der Waals surface area contributed by atoms with E-state index in [1.807, 2.05) is 30.3 Å². The van der Waals surface area contributed by atoms with Crippen LogP contribution in [0.4, 0.5) is 14.9 Å². The third-order valence-corrected chi connectivity index (χ3v) is 4.00. The highest BCUT2D eigenvalue weighted by atomic mass is 19.1. The van der Waals surface area contributed by atoms with Gasteiger partial charge in [-0.1, -0.05) is 30.3 Å². The van der Waals surface area contributed by atoms with Gasteiger partial charge >= 0.3 is 18.0 Å². The van der Waals surface area contributed by atoms with Gasteiger partial charge in [0.25, 0.3) is 0 Å². The number of halogens is 1. The van der Waals surface area contributed by atoms with Crippen LogP contribution in [0.3, 0.4) is 0 Å².